The fraction of sp³-hybridized carbons (Fsp3) is 0.235. The Kier molecular flexibility index (Phi) is 5.54. The van der Waals surface area contributed by atoms with E-state index in [2.05, 4.69) is 5.32 Å². The number of hydrogen-bond donors (Lipinski definition) is 2. The van der Waals surface area contributed by atoms with Gasteiger partial charge in [-0.3, -0.25) is 0 Å². The van der Waals surface area contributed by atoms with Crippen LogP contribution >= 0.6 is 0 Å². The number of carbonyl (C=O) groups is 1. The molecule has 2 rings (SSSR count). The van der Waals surface area contributed by atoms with E-state index in [4.69, 9.17) is 14.6 Å². The number of carboxylic acids is 1. The van der Waals surface area contributed by atoms with E-state index in [-0.39, 0.29) is 0 Å². The Morgan fingerprint density at radius 3 is 2.70 bits per heavy atom. The van der Waals surface area contributed by atoms with Crippen LogP contribution in [0.4, 0.5) is 4.39 Å². The third-order valence-electron chi connectivity index (χ3n) is 3.19. The zero-order chi connectivity index (χ0) is 16.8. The molecule has 0 unspecified atom stereocenters. The van der Waals surface area contributed by atoms with E-state index in [1.54, 1.807) is 12.1 Å². The molecule has 0 bridgehead atoms. The molecule has 2 aromatic rings. The molecule has 0 spiro atoms. The van der Waals surface area contributed by atoms with Crippen LogP contribution in [0, 0.1) is 5.82 Å². The van der Waals surface area contributed by atoms with E-state index < -0.39 is 18.4 Å². The molecule has 0 atom stereocenters. The molecule has 0 aliphatic rings. The third kappa shape index (κ3) is 4.43. The quantitative estimate of drug-likeness (QED) is 0.821. The van der Waals surface area contributed by atoms with Gasteiger partial charge in [0, 0.05) is 18.2 Å². The van der Waals surface area contributed by atoms with Gasteiger partial charge in [-0.05, 0) is 42.4 Å². The summed E-state index contributed by atoms with van der Waals surface area (Å²) < 4.78 is 24.2. The average Bonchev–Trinajstić information content (AvgIpc) is 2.53. The van der Waals surface area contributed by atoms with Crippen molar-refractivity contribution in [2.75, 3.05) is 20.8 Å². The SMILES string of the molecule is CNCc1ccc(OCC(=O)O)c(-c2cc(F)cc(OC)c2)c1. The monoisotopic (exact) mass is 319 g/mol. The van der Waals surface area contributed by atoms with Gasteiger partial charge < -0.3 is 19.9 Å². The maximum atomic E-state index is 13.8. The van der Waals surface area contributed by atoms with Crippen LogP contribution in [0.2, 0.25) is 0 Å². The summed E-state index contributed by atoms with van der Waals surface area (Å²) in [5, 5.41) is 11.8. The second-order valence-corrected chi connectivity index (χ2v) is 4.92. The summed E-state index contributed by atoms with van der Waals surface area (Å²) in [7, 11) is 3.28. The lowest BCUT2D eigenvalue weighted by Gasteiger charge is -2.13. The molecule has 0 aromatic heterocycles. The van der Waals surface area contributed by atoms with Crippen LogP contribution < -0.4 is 14.8 Å². The minimum Gasteiger partial charge on any atom is -0.497 e. The summed E-state index contributed by atoms with van der Waals surface area (Å²) in [6.45, 7) is 0.156. The molecule has 5 nitrogen and oxygen atoms in total. The minimum absolute atomic E-state index is 0.375. The largest absolute Gasteiger partial charge is 0.497 e. The number of nitrogens with one attached hydrogen (secondary N) is 1. The molecule has 0 radical (unpaired) electrons. The number of benzene rings is 2. The highest BCUT2D eigenvalue weighted by Gasteiger charge is 2.12. The number of carboxylic acid groups (broad SMARTS) is 1. The number of rotatable bonds is 7. The van der Waals surface area contributed by atoms with Crippen LogP contribution in [0.3, 0.4) is 0 Å². The van der Waals surface area contributed by atoms with Crippen molar-refractivity contribution in [2.45, 2.75) is 6.54 Å². The molecule has 2 N–H and O–H groups in total. The summed E-state index contributed by atoms with van der Waals surface area (Å²) in [6, 6.07) is 9.65. The van der Waals surface area contributed by atoms with Crippen molar-refractivity contribution in [3.05, 3.63) is 47.8 Å². The Hall–Kier alpha value is -2.60. The van der Waals surface area contributed by atoms with Crippen molar-refractivity contribution in [2.24, 2.45) is 0 Å². The summed E-state index contributed by atoms with van der Waals surface area (Å²) >= 11 is 0. The maximum Gasteiger partial charge on any atom is 0.341 e. The number of halogens is 1. The molecule has 122 valence electrons. The maximum absolute atomic E-state index is 13.8. The van der Waals surface area contributed by atoms with E-state index in [9.17, 15) is 9.18 Å². The van der Waals surface area contributed by atoms with Crippen molar-refractivity contribution in [3.63, 3.8) is 0 Å². The Labute approximate surface area is 133 Å². The zero-order valence-corrected chi connectivity index (χ0v) is 12.9. The molecule has 0 heterocycles. The van der Waals surface area contributed by atoms with Crippen LogP contribution in [0.5, 0.6) is 11.5 Å². The lowest BCUT2D eigenvalue weighted by molar-refractivity contribution is -0.139. The Balaban J connectivity index is 2.49. The van der Waals surface area contributed by atoms with Gasteiger partial charge in [0.1, 0.15) is 17.3 Å². The number of methoxy groups -OCH3 is 1. The van der Waals surface area contributed by atoms with E-state index in [1.807, 2.05) is 19.2 Å². The van der Waals surface area contributed by atoms with Gasteiger partial charge in [-0.15, -0.1) is 0 Å². The minimum atomic E-state index is -1.08. The van der Waals surface area contributed by atoms with Crippen molar-refractivity contribution in [1.82, 2.24) is 5.32 Å². The molecule has 23 heavy (non-hydrogen) atoms. The lowest BCUT2D eigenvalue weighted by Crippen LogP contribution is -2.10. The van der Waals surface area contributed by atoms with Gasteiger partial charge in [-0.25, -0.2) is 9.18 Å². The molecule has 0 aliphatic heterocycles. The second kappa shape index (κ2) is 7.60. The lowest BCUT2D eigenvalue weighted by atomic mass is 10.0. The van der Waals surface area contributed by atoms with Crippen molar-refractivity contribution >= 4 is 5.97 Å². The van der Waals surface area contributed by atoms with Crippen molar-refractivity contribution < 1.29 is 23.8 Å². The molecule has 0 fully saturated rings. The fourth-order valence-corrected chi connectivity index (χ4v) is 2.22. The van der Waals surface area contributed by atoms with Gasteiger partial charge in [0.05, 0.1) is 7.11 Å². The fourth-order valence-electron chi connectivity index (χ4n) is 2.22. The van der Waals surface area contributed by atoms with Crippen molar-refractivity contribution in [1.29, 1.82) is 0 Å². The van der Waals surface area contributed by atoms with Crippen LogP contribution in [0.15, 0.2) is 36.4 Å². The Morgan fingerprint density at radius 2 is 2.04 bits per heavy atom. The highest BCUT2D eigenvalue weighted by molar-refractivity contribution is 5.74. The number of hydrogen-bond acceptors (Lipinski definition) is 4. The van der Waals surface area contributed by atoms with Gasteiger partial charge in [-0.1, -0.05) is 6.07 Å². The predicted molar refractivity (Wildman–Crippen MR) is 84.3 cm³/mol. The van der Waals surface area contributed by atoms with Gasteiger partial charge >= 0.3 is 5.97 Å². The Morgan fingerprint density at radius 1 is 1.26 bits per heavy atom. The van der Waals surface area contributed by atoms with Crippen LogP contribution in [0.25, 0.3) is 11.1 Å². The smallest absolute Gasteiger partial charge is 0.341 e. The summed E-state index contributed by atoms with van der Waals surface area (Å²) in [5.41, 5.74) is 2.13. The van der Waals surface area contributed by atoms with E-state index >= 15 is 0 Å². The third-order valence-corrected chi connectivity index (χ3v) is 3.19. The Bertz CT molecular complexity index is 703. The van der Waals surface area contributed by atoms with Gasteiger partial charge in [-0.2, -0.15) is 0 Å². The van der Waals surface area contributed by atoms with Crippen LogP contribution in [-0.2, 0) is 11.3 Å². The molecule has 0 amide bonds. The van der Waals surface area contributed by atoms with Crippen LogP contribution in [0.1, 0.15) is 5.56 Å². The van der Waals surface area contributed by atoms with E-state index in [0.717, 1.165) is 5.56 Å². The topological polar surface area (TPSA) is 67.8 Å². The normalized spacial score (nSPS) is 10.4. The van der Waals surface area contributed by atoms with Crippen molar-refractivity contribution in [3.8, 4) is 22.6 Å². The molecule has 0 saturated heterocycles. The van der Waals surface area contributed by atoms with Gasteiger partial charge in [0.2, 0.25) is 0 Å². The molecular weight excluding hydrogens is 301 g/mol. The first-order valence-electron chi connectivity index (χ1n) is 7.00. The first-order valence-corrected chi connectivity index (χ1v) is 7.00. The summed E-state index contributed by atoms with van der Waals surface area (Å²) in [5.74, 6) is -0.766. The predicted octanol–water partition coefficient (Wildman–Crippen LogP) is 2.68. The second-order valence-electron chi connectivity index (χ2n) is 4.92. The number of ether oxygens (including phenoxy) is 2. The number of aliphatic carboxylic acids is 1. The first kappa shape index (κ1) is 16.8. The molecule has 0 aliphatic carbocycles. The molecule has 2 aromatic carbocycles. The molecular formula is C17H18FNO4. The van der Waals surface area contributed by atoms with E-state index in [1.165, 1.54) is 19.2 Å². The summed E-state index contributed by atoms with van der Waals surface area (Å²) in [4.78, 5) is 10.7. The van der Waals surface area contributed by atoms with Gasteiger partial charge in [0.15, 0.2) is 6.61 Å². The summed E-state index contributed by atoms with van der Waals surface area (Å²) in [6.07, 6.45) is 0. The van der Waals surface area contributed by atoms with E-state index in [0.29, 0.717) is 29.2 Å². The van der Waals surface area contributed by atoms with Gasteiger partial charge in [0.25, 0.3) is 0 Å². The average molecular weight is 319 g/mol. The standard InChI is InChI=1S/C17H18FNO4/c1-19-9-11-3-4-16(23-10-17(20)21)15(5-11)12-6-13(18)8-14(7-12)22-2/h3-8,19H,9-10H2,1-2H3,(H,20,21). The molecule has 0 saturated carbocycles. The molecule has 6 heteroatoms. The highest BCUT2D eigenvalue weighted by Crippen LogP contribution is 2.34. The van der Waals surface area contributed by atoms with Crippen LogP contribution in [-0.4, -0.2) is 31.8 Å². The zero-order valence-electron chi connectivity index (χ0n) is 12.9. The first-order chi connectivity index (χ1) is 11.0. The highest BCUT2D eigenvalue weighted by atomic mass is 19.1.